The smallest absolute Gasteiger partial charge is 0.0769 e. The molecule has 0 radical (unpaired) electrons. The van der Waals surface area contributed by atoms with E-state index in [0.717, 1.165) is 12.1 Å². The molecule has 0 aromatic carbocycles. The zero-order chi connectivity index (χ0) is 9.14. The van der Waals surface area contributed by atoms with Crippen molar-refractivity contribution in [3.05, 3.63) is 18.0 Å². The van der Waals surface area contributed by atoms with E-state index >= 15 is 0 Å². The van der Waals surface area contributed by atoms with Gasteiger partial charge in [0.2, 0.25) is 0 Å². The minimum Gasteiger partial charge on any atom is -0.397 e. The Morgan fingerprint density at radius 1 is 1.50 bits per heavy atom. The van der Waals surface area contributed by atoms with Gasteiger partial charge in [0.25, 0.3) is 0 Å². The maximum absolute atomic E-state index is 5.77. The van der Waals surface area contributed by atoms with Crippen LogP contribution in [-0.2, 0) is 0 Å². The number of pyridine rings is 1. The lowest BCUT2D eigenvalue weighted by molar-refractivity contribution is 0.711. The van der Waals surface area contributed by atoms with E-state index in [4.69, 9.17) is 11.5 Å². The van der Waals surface area contributed by atoms with Gasteiger partial charge in [-0.2, -0.15) is 0 Å². The van der Waals surface area contributed by atoms with E-state index in [-0.39, 0.29) is 0 Å². The largest absolute Gasteiger partial charge is 0.397 e. The number of anilines is 2. The standard InChI is InChI=1S/C9H15N3/c1-3-6(2)9-8(11)7(10)4-5-12-9/h4-6H,3,11H2,1-2H3,(H2,10,12)/t6-/m0/s1. The van der Waals surface area contributed by atoms with Crippen LogP contribution >= 0.6 is 0 Å². The van der Waals surface area contributed by atoms with Crippen LogP contribution in [0.15, 0.2) is 12.3 Å². The molecular formula is C9H15N3. The molecule has 0 aliphatic heterocycles. The third kappa shape index (κ3) is 1.49. The fourth-order valence-electron chi connectivity index (χ4n) is 1.09. The maximum atomic E-state index is 5.77. The molecule has 0 saturated heterocycles. The van der Waals surface area contributed by atoms with Gasteiger partial charge in [-0.15, -0.1) is 0 Å². The minimum atomic E-state index is 0.383. The van der Waals surface area contributed by atoms with Crippen LogP contribution in [0.3, 0.4) is 0 Å². The molecule has 0 aliphatic carbocycles. The summed E-state index contributed by atoms with van der Waals surface area (Å²) in [5.74, 6) is 0.383. The van der Waals surface area contributed by atoms with E-state index in [1.54, 1.807) is 12.3 Å². The molecule has 0 fully saturated rings. The van der Waals surface area contributed by atoms with E-state index in [1.807, 2.05) is 0 Å². The van der Waals surface area contributed by atoms with Crippen LogP contribution in [0.5, 0.6) is 0 Å². The molecule has 0 saturated carbocycles. The molecule has 1 aromatic heterocycles. The number of nitrogens with two attached hydrogens (primary N) is 2. The number of nitrogens with zero attached hydrogens (tertiary/aromatic N) is 1. The summed E-state index contributed by atoms with van der Waals surface area (Å²) in [6.45, 7) is 4.20. The average molecular weight is 165 g/mol. The number of hydrogen-bond donors (Lipinski definition) is 2. The molecule has 0 bridgehead atoms. The van der Waals surface area contributed by atoms with Gasteiger partial charge in [0, 0.05) is 12.1 Å². The zero-order valence-electron chi connectivity index (χ0n) is 7.54. The average Bonchev–Trinajstić information content (AvgIpc) is 2.08. The van der Waals surface area contributed by atoms with Crippen LogP contribution in [0.2, 0.25) is 0 Å². The Labute approximate surface area is 72.8 Å². The fraction of sp³-hybridized carbons (Fsp3) is 0.444. The predicted octanol–water partition coefficient (Wildman–Crippen LogP) is 1.76. The Morgan fingerprint density at radius 3 is 2.75 bits per heavy atom. The van der Waals surface area contributed by atoms with Crippen molar-refractivity contribution in [3.63, 3.8) is 0 Å². The van der Waals surface area contributed by atoms with Crippen LogP contribution < -0.4 is 11.5 Å². The lowest BCUT2D eigenvalue weighted by atomic mass is 10.0. The Balaban J connectivity index is 3.07. The van der Waals surface area contributed by atoms with E-state index in [2.05, 4.69) is 18.8 Å². The summed E-state index contributed by atoms with van der Waals surface area (Å²) in [5.41, 5.74) is 13.6. The molecule has 4 N–H and O–H groups in total. The SMILES string of the molecule is CC[C@H](C)c1nccc(N)c1N. The van der Waals surface area contributed by atoms with Crippen LogP contribution in [0.25, 0.3) is 0 Å². The third-order valence-corrected chi connectivity index (χ3v) is 2.13. The zero-order valence-corrected chi connectivity index (χ0v) is 7.54. The molecule has 0 spiro atoms. The molecule has 0 unspecified atom stereocenters. The highest BCUT2D eigenvalue weighted by Gasteiger charge is 2.09. The van der Waals surface area contributed by atoms with Gasteiger partial charge in [0.05, 0.1) is 17.1 Å². The minimum absolute atomic E-state index is 0.383. The normalized spacial score (nSPS) is 12.8. The van der Waals surface area contributed by atoms with Crippen LogP contribution in [-0.4, -0.2) is 4.98 Å². The van der Waals surface area contributed by atoms with Crippen molar-refractivity contribution in [2.75, 3.05) is 11.5 Å². The molecule has 0 aliphatic rings. The first kappa shape index (κ1) is 8.84. The van der Waals surface area contributed by atoms with Gasteiger partial charge < -0.3 is 11.5 Å². The van der Waals surface area contributed by atoms with Crippen molar-refractivity contribution in [3.8, 4) is 0 Å². The van der Waals surface area contributed by atoms with E-state index in [0.29, 0.717) is 17.3 Å². The Hall–Kier alpha value is -1.25. The van der Waals surface area contributed by atoms with E-state index < -0.39 is 0 Å². The van der Waals surface area contributed by atoms with Gasteiger partial charge in [0.1, 0.15) is 0 Å². The topological polar surface area (TPSA) is 64.9 Å². The van der Waals surface area contributed by atoms with Gasteiger partial charge in [0.15, 0.2) is 0 Å². The molecule has 1 aromatic rings. The molecule has 3 heteroatoms. The monoisotopic (exact) mass is 165 g/mol. The molecule has 0 amide bonds. The first-order valence-corrected chi connectivity index (χ1v) is 4.16. The fourth-order valence-corrected chi connectivity index (χ4v) is 1.09. The molecule has 66 valence electrons. The van der Waals surface area contributed by atoms with Gasteiger partial charge in [-0.1, -0.05) is 13.8 Å². The van der Waals surface area contributed by atoms with Crippen molar-refractivity contribution in [2.24, 2.45) is 0 Å². The van der Waals surface area contributed by atoms with Crippen molar-refractivity contribution >= 4 is 11.4 Å². The lowest BCUT2D eigenvalue weighted by Crippen LogP contribution is -2.04. The number of nitrogen functional groups attached to an aromatic ring is 2. The summed E-state index contributed by atoms with van der Waals surface area (Å²) < 4.78 is 0. The van der Waals surface area contributed by atoms with E-state index in [1.165, 1.54) is 0 Å². The third-order valence-electron chi connectivity index (χ3n) is 2.13. The highest BCUT2D eigenvalue weighted by Crippen LogP contribution is 2.25. The summed E-state index contributed by atoms with van der Waals surface area (Å²) in [5, 5.41) is 0. The molecule has 12 heavy (non-hydrogen) atoms. The lowest BCUT2D eigenvalue weighted by Gasteiger charge is -2.11. The first-order chi connectivity index (χ1) is 5.66. The van der Waals surface area contributed by atoms with Gasteiger partial charge in [-0.25, -0.2) is 0 Å². The van der Waals surface area contributed by atoms with Crippen LogP contribution in [0, 0.1) is 0 Å². The second kappa shape index (κ2) is 3.43. The Morgan fingerprint density at radius 2 is 2.17 bits per heavy atom. The van der Waals surface area contributed by atoms with Crippen LogP contribution in [0.1, 0.15) is 31.9 Å². The van der Waals surface area contributed by atoms with Gasteiger partial charge >= 0.3 is 0 Å². The van der Waals surface area contributed by atoms with Gasteiger partial charge in [-0.05, 0) is 12.5 Å². The number of hydrogen-bond acceptors (Lipinski definition) is 3. The number of rotatable bonds is 2. The Bertz CT molecular complexity index is 270. The summed E-state index contributed by atoms with van der Waals surface area (Å²) in [4.78, 5) is 4.20. The predicted molar refractivity (Wildman–Crippen MR) is 51.8 cm³/mol. The van der Waals surface area contributed by atoms with Crippen molar-refractivity contribution in [1.29, 1.82) is 0 Å². The molecule has 1 heterocycles. The van der Waals surface area contributed by atoms with Gasteiger partial charge in [-0.3, -0.25) is 4.98 Å². The molecule has 1 rings (SSSR count). The van der Waals surface area contributed by atoms with Crippen molar-refractivity contribution in [2.45, 2.75) is 26.2 Å². The molecular weight excluding hydrogens is 150 g/mol. The van der Waals surface area contributed by atoms with Crippen LogP contribution in [0.4, 0.5) is 11.4 Å². The summed E-state index contributed by atoms with van der Waals surface area (Å²) in [7, 11) is 0. The first-order valence-electron chi connectivity index (χ1n) is 4.16. The number of aromatic nitrogens is 1. The summed E-state index contributed by atoms with van der Waals surface area (Å²) >= 11 is 0. The maximum Gasteiger partial charge on any atom is 0.0769 e. The second-order valence-electron chi connectivity index (χ2n) is 3.01. The van der Waals surface area contributed by atoms with Crippen molar-refractivity contribution < 1.29 is 0 Å². The molecule has 1 atom stereocenters. The summed E-state index contributed by atoms with van der Waals surface area (Å²) in [6.07, 6.45) is 2.73. The quantitative estimate of drug-likeness (QED) is 0.701. The highest BCUT2D eigenvalue weighted by molar-refractivity contribution is 5.65. The highest BCUT2D eigenvalue weighted by atomic mass is 14.8. The summed E-state index contributed by atoms with van der Waals surface area (Å²) in [6, 6.07) is 1.72. The Kier molecular flexibility index (Phi) is 2.53. The van der Waals surface area contributed by atoms with Crippen molar-refractivity contribution in [1.82, 2.24) is 4.98 Å². The second-order valence-corrected chi connectivity index (χ2v) is 3.01. The van der Waals surface area contributed by atoms with E-state index in [9.17, 15) is 0 Å². The molecule has 3 nitrogen and oxygen atoms in total.